The molecule has 10 nitrogen and oxygen atoms in total. The van der Waals surface area contributed by atoms with Crippen molar-refractivity contribution in [1.29, 1.82) is 0 Å². The Labute approximate surface area is 204 Å². The van der Waals surface area contributed by atoms with Crippen molar-refractivity contribution in [2.24, 2.45) is 20.5 Å². The van der Waals surface area contributed by atoms with Gasteiger partial charge in [-0.05, 0) is 50.2 Å². The highest BCUT2D eigenvalue weighted by molar-refractivity contribution is 7.25. The molecular weight excluding hydrogens is 468 g/mol. The molecule has 0 saturated carbocycles. The Bertz CT molecular complexity index is 1220. The molecule has 12 heteroatoms. The summed E-state index contributed by atoms with van der Waals surface area (Å²) in [6.45, 7) is 5.69. The van der Waals surface area contributed by atoms with E-state index >= 15 is 0 Å². The maximum absolute atomic E-state index is 6.07. The molecule has 0 unspecified atom stereocenters. The summed E-state index contributed by atoms with van der Waals surface area (Å²) in [5, 5.41) is 24.4. The Morgan fingerprint density at radius 2 is 1.15 bits per heavy atom. The van der Waals surface area contributed by atoms with Crippen LogP contribution >= 0.6 is 22.7 Å². The van der Waals surface area contributed by atoms with E-state index in [-0.39, 0.29) is 0 Å². The van der Waals surface area contributed by atoms with E-state index in [1.54, 1.807) is 12.4 Å². The van der Waals surface area contributed by atoms with Gasteiger partial charge in [0, 0.05) is 36.9 Å². The fraction of sp³-hybridized carbons (Fsp3) is 0.182. The summed E-state index contributed by atoms with van der Waals surface area (Å²) in [5.41, 5.74) is 16.3. The number of nitrogens with one attached hydrogen (secondary N) is 2. The third-order valence-corrected chi connectivity index (χ3v) is 6.49. The van der Waals surface area contributed by atoms with Gasteiger partial charge in [0.15, 0.2) is 0 Å². The zero-order chi connectivity index (χ0) is 23.9. The normalized spacial score (nSPS) is 11.5. The third-order valence-electron chi connectivity index (χ3n) is 4.53. The lowest BCUT2D eigenvalue weighted by molar-refractivity contribution is 1.19. The maximum Gasteiger partial charge on any atom is 0.230 e. The van der Waals surface area contributed by atoms with Gasteiger partial charge in [-0.15, -0.1) is 20.5 Å². The topological polar surface area (TPSA) is 151 Å². The van der Waals surface area contributed by atoms with Crippen LogP contribution in [-0.2, 0) is 0 Å². The minimum atomic E-state index is 0.523. The summed E-state index contributed by atoms with van der Waals surface area (Å²) in [6.07, 6.45) is 3.48. The standard InChI is InChI=1S/C22H24N10S2/c1-3-25-13-5-7-17(15(23)9-13)29-31-21-27-11-19(33-21)20-12-28-22(34-20)32-30-18-8-6-14(26-4-2)10-16(18)24/h5-12,25-26H,3-4,23-24H2,1-2H3. The number of aromatic nitrogens is 2. The van der Waals surface area contributed by atoms with E-state index in [2.05, 4.69) is 41.1 Å². The van der Waals surface area contributed by atoms with Crippen molar-refractivity contribution in [3.05, 3.63) is 48.8 Å². The van der Waals surface area contributed by atoms with Crippen LogP contribution < -0.4 is 22.1 Å². The van der Waals surface area contributed by atoms with Crippen molar-refractivity contribution >= 4 is 67.1 Å². The van der Waals surface area contributed by atoms with Crippen LogP contribution in [0, 0.1) is 0 Å². The van der Waals surface area contributed by atoms with E-state index in [1.807, 2.05) is 50.2 Å². The van der Waals surface area contributed by atoms with Gasteiger partial charge in [0.1, 0.15) is 11.4 Å². The maximum atomic E-state index is 6.07. The van der Waals surface area contributed by atoms with Gasteiger partial charge in [-0.2, -0.15) is 0 Å². The smallest absolute Gasteiger partial charge is 0.230 e. The second-order valence-electron chi connectivity index (χ2n) is 7.02. The van der Waals surface area contributed by atoms with E-state index in [1.165, 1.54) is 22.7 Å². The first kappa shape index (κ1) is 23.3. The Morgan fingerprint density at radius 1 is 0.706 bits per heavy atom. The Morgan fingerprint density at radius 3 is 1.53 bits per heavy atom. The molecule has 34 heavy (non-hydrogen) atoms. The van der Waals surface area contributed by atoms with Crippen LogP contribution in [0.2, 0.25) is 0 Å². The number of rotatable bonds is 9. The number of hydrogen-bond acceptors (Lipinski definition) is 12. The zero-order valence-electron chi connectivity index (χ0n) is 18.7. The summed E-state index contributed by atoms with van der Waals surface area (Å²) in [5.74, 6) is 0. The average Bonchev–Trinajstić information content (AvgIpc) is 3.48. The quantitative estimate of drug-likeness (QED) is 0.144. The average molecular weight is 493 g/mol. The van der Waals surface area contributed by atoms with E-state index in [9.17, 15) is 0 Å². The van der Waals surface area contributed by atoms with Gasteiger partial charge in [0.25, 0.3) is 0 Å². The number of nitrogens with zero attached hydrogens (tertiary/aromatic N) is 6. The molecular formula is C22H24N10S2. The van der Waals surface area contributed by atoms with E-state index < -0.39 is 0 Å². The molecule has 2 aromatic heterocycles. The zero-order valence-corrected chi connectivity index (χ0v) is 20.3. The number of hydrogen-bond donors (Lipinski definition) is 4. The molecule has 4 rings (SSSR count). The summed E-state index contributed by atoms with van der Waals surface area (Å²) < 4.78 is 0. The summed E-state index contributed by atoms with van der Waals surface area (Å²) in [7, 11) is 0. The monoisotopic (exact) mass is 492 g/mol. The molecule has 0 aliphatic heterocycles. The van der Waals surface area contributed by atoms with Crippen LogP contribution in [0.3, 0.4) is 0 Å². The highest BCUT2D eigenvalue weighted by Gasteiger charge is 2.09. The Hall–Kier alpha value is -3.90. The van der Waals surface area contributed by atoms with Gasteiger partial charge in [-0.1, -0.05) is 22.7 Å². The second-order valence-corrected chi connectivity index (χ2v) is 9.04. The van der Waals surface area contributed by atoms with Crippen LogP contribution in [0.1, 0.15) is 13.8 Å². The van der Waals surface area contributed by atoms with Crippen molar-refractivity contribution in [2.45, 2.75) is 13.8 Å². The lowest BCUT2D eigenvalue weighted by Gasteiger charge is -2.05. The number of anilines is 4. The molecule has 0 aliphatic carbocycles. The third kappa shape index (κ3) is 5.71. The van der Waals surface area contributed by atoms with E-state index in [4.69, 9.17) is 11.5 Å². The molecule has 0 bridgehead atoms. The van der Waals surface area contributed by atoms with Gasteiger partial charge in [0.05, 0.1) is 21.1 Å². The first-order valence-electron chi connectivity index (χ1n) is 10.6. The van der Waals surface area contributed by atoms with Crippen LogP contribution in [-0.4, -0.2) is 23.1 Å². The predicted octanol–water partition coefficient (Wildman–Crippen LogP) is 7.13. The molecule has 0 saturated heterocycles. The Balaban J connectivity index is 1.43. The minimum absolute atomic E-state index is 0.523. The van der Waals surface area contributed by atoms with Crippen molar-refractivity contribution in [2.75, 3.05) is 35.2 Å². The molecule has 0 aliphatic rings. The fourth-order valence-electron chi connectivity index (χ4n) is 2.96. The van der Waals surface area contributed by atoms with Crippen LogP contribution in [0.5, 0.6) is 0 Å². The molecule has 6 N–H and O–H groups in total. The molecule has 4 aromatic rings. The second kappa shape index (κ2) is 10.8. The van der Waals surface area contributed by atoms with E-state index in [0.717, 1.165) is 34.2 Å². The number of nitrogen functional groups attached to an aromatic ring is 2. The molecule has 0 radical (unpaired) electrons. The summed E-state index contributed by atoms with van der Waals surface area (Å²) in [6, 6.07) is 11.2. The highest BCUT2D eigenvalue weighted by atomic mass is 32.1. The predicted molar refractivity (Wildman–Crippen MR) is 142 cm³/mol. The molecule has 2 aromatic carbocycles. The lowest BCUT2D eigenvalue weighted by Crippen LogP contribution is -1.97. The highest BCUT2D eigenvalue weighted by Crippen LogP contribution is 2.38. The van der Waals surface area contributed by atoms with Gasteiger partial charge in [-0.3, -0.25) is 0 Å². The molecule has 2 heterocycles. The van der Waals surface area contributed by atoms with Crippen molar-refractivity contribution in [3.8, 4) is 9.75 Å². The first-order valence-corrected chi connectivity index (χ1v) is 12.2. The number of thiazole rings is 2. The van der Waals surface area contributed by atoms with Crippen LogP contribution in [0.15, 0.2) is 69.2 Å². The summed E-state index contributed by atoms with van der Waals surface area (Å²) >= 11 is 2.81. The van der Waals surface area contributed by atoms with Gasteiger partial charge in [0.2, 0.25) is 10.3 Å². The molecule has 0 fully saturated rings. The first-order chi connectivity index (χ1) is 16.6. The van der Waals surface area contributed by atoms with Gasteiger partial charge >= 0.3 is 0 Å². The summed E-state index contributed by atoms with van der Waals surface area (Å²) in [4.78, 5) is 10.5. The molecule has 0 atom stereocenters. The lowest BCUT2D eigenvalue weighted by atomic mass is 10.2. The molecule has 0 amide bonds. The molecule has 174 valence electrons. The fourth-order valence-corrected chi connectivity index (χ4v) is 4.50. The molecule has 0 spiro atoms. The van der Waals surface area contributed by atoms with Gasteiger partial charge in [-0.25, -0.2) is 9.97 Å². The van der Waals surface area contributed by atoms with Gasteiger partial charge < -0.3 is 22.1 Å². The van der Waals surface area contributed by atoms with Crippen molar-refractivity contribution < 1.29 is 0 Å². The van der Waals surface area contributed by atoms with Crippen LogP contribution in [0.25, 0.3) is 9.75 Å². The van der Waals surface area contributed by atoms with E-state index in [0.29, 0.717) is 33.0 Å². The minimum Gasteiger partial charge on any atom is -0.397 e. The number of benzene rings is 2. The Kier molecular flexibility index (Phi) is 7.40. The number of azo groups is 2. The van der Waals surface area contributed by atoms with Crippen LogP contribution in [0.4, 0.5) is 44.4 Å². The number of nitrogens with two attached hydrogens (primary N) is 2. The SMILES string of the molecule is CCNc1ccc(N=Nc2ncc(-c3cnc(N=Nc4ccc(NCC)cc4N)s3)s2)c(N)c1. The largest absolute Gasteiger partial charge is 0.397 e. The van der Waals surface area contributed by atoms with Crippen molar-refractivity contribution in [3.63, 3.8) is 0 Å². The van der Waals surface area contributed by atoms with Crippen molar-refractivity contribution in [1.82, 2.24) is 9.97 Å².